The summed E-state index contributed by atoms with van der Waals surface area (Å²) in [6.45, 7) is 4.63. The molecule has 2 fully saturated rings. The second-order valence-electron chi connectivity index (χ2n) is 9.83. The summed E-state index contributed by atoms with van der Waals surface area (Å²) < 4.78 is 84.2. The van der Waals surface area contributed by atoms with E-state index in [0.29, 0.717) is 57.7 Å². The van der Waals surface area contributed by atoms with Crippen LogP contribution in [0.3, 0.4) is 0 Å². The van der Waals surface area contributed by atoms with E-state index in [1.54, 1.807) is 4.90 Å². The third-order valence-electron chi connectivity index (χ3n) is 6.91. The van der Waals surface area contributed by atoms with Gasteiger partial charge in [0.15, 0.2) is 0 Å². The minimum absolute atomic E-state index is 0.0636. The fraction of sp³-hybridized carbons (Fsp3) is 0.577. The molecule has 3 heterocycles. The SMILES string of the molecule is O=C(NCCc1ccc(C(F)(F)F)cc1)[C@@H]1CCCN(c2cc(NCCN3CCOCC3)nc(C(F)(F)F)n2)C1. The van der Waals surface area contributed by atoms with Gasteiger partial charge in [0.05, 0.1) is 24.7 Å². The molecule has 0 bridgehead atoms. The Hall–Kier alpha value is -3.13. The van der Waals surface area contributed by atoms with Crippen LogP contribution < -0.4 is 15.5 Å². The monoisotopic (exact) mass is 574 g/mol. The quantitative estimate of drug-likeness (QED) is 0.441. The van der Waals surface area contributed by atoms with Crippen molar-refractivity contribution in [3.63, 3.8) is 0 Å². The summed E-state index contributed by atoms with van der Waals surface area (Å²) in [6.07, 6.45) is -7.65. The van der Waals surface area contributed by atoms with Crippen molar-refractivity contribution in [1.29, 1.82) is 0 Å². The molecule has 14 heteroatoms. The first kappa shape index (κ1) is 29.8. The first-order chi connectivity index (χ1) is 19.0. The van der Waals surface area contributed by atoms with E-state index in [1.807, 2.05) is 0 Å². The minimum atomic E-state index is -4.73. The van der Waals surface area contributed by atoms with E-state index in [-0.39, 0.29) is 30.6 Å². The number of nitrogens with zero attached hydrogens (tertiary/aromatic N) is 4. The van der Waals surface area contributed by atoms with E-state index >= 15 is 0 Å². The zero-order valence-electron chi connectivity index (χ0n) is 21.8. The van der Waals surface area contributed by atoms with Crippen LogP contribution in [0.25, 0.3) is 0 Å². The number of nitrogens with one attached hydrogen (secondary N) is 2. The van der Waals surface area contributed by atoms with E-state index in [2.05, 4.69) is 25.5 Å². The molecule has 1 aromatic carbocycles. The van der Waals surface area contributed by atoms with Gasteiger partial charge in [0.25, 0.3) is 0 Å². The summed E-state index contributed by atoms with van der Waals surface area (Å²) >= 11 is 0. The Balaban J connectivity index is 1.34. The lowest BCUT2D eigenvalue weighted by molar-refractivity contribution is -0.144. The second kappa shape index (κ2) is 13.0. The van der Waals surface area contributed by atoms with Crippen molar-refractivity contribution in [2.75, 3.05) is 69.2 Å². The summed E-state index contributed by atoms with van der Waals surface area (Å²) in [7, 11) is 0. The van der Waals surface area contributed by atoms with Crippen LogP contribution >= 0.6 is 0 Å². The Kier molecular flexibility index (Phi) is 9.72. The molecule has 2 aliphatic heterocycles. The largest absolute Gasteiger partial charge is 0.451 e. The van der Waals surface area contributed by atoms with Gasteiger partial charge in [0.2, 0.25) is 11.7 Å². The van der Waals surface area contributed by atoms with E-state index in [4.69, 9.17) is 4.74 Å². The first-order valence-corrected chi connectivity index (χ1v) is 13.2. The van der Waals surface area contributed by atoms with Gasteiger partial charge < -0.3 is 20.3 Å². The lowest BCUT2D eigenvalue weighted by atomic mass is 9.97. The third kappa shape index (κ3) is 8.43. The van der Waals surface area contributed by atoms with Crippen molar-refractivity contribution < 1.29 is 35.9 Å². The van der Waals surface area contributed by atoms with E-state index < -0.39 is 29.7 Å². The number of anilines is 2. The topological polar surface area (TPSA) is 82.6 Å². The molecule has 0 spiro atoms. The maximum absolute atomic E-state index is 13.6. The fourth-order valence-electron chi connectivity index (χ4n) is 4.71. The number of halogens is 6. The van der Waals surface area contributed by atoms with Crippen molar-refractivity contribution in [1.82, 2.24) is 20.2 Å². The van der Waals surface area contributed by atoms with Crippen LogP contribution in [0, 0.1) is 5.92 Å². The predicted octanol–water partition coefficient (Wildman–Crippen LogP) is 3.83. The first-order valence-electron chi connectivity index (χ1n) is 13.2. The normalized spacial score (nSPS) is 18.9. The average Bonchev–Trinajstić information content (AvgIpc) is 2.93. The molecule has 2 saturated heterocycles. The molecule has 2 aliphatic rings. The number of hydrogen-bond donors (Lipinski definition) is 2. The van der Waals surface area contributed by atoms with Gasteiger partial charge in [-0.1, -0.05) is 12.1 Å². The van der Waals surface area contributed by atoms with Crippen molar-refractivity contribution in [2.45, 2.75) is 31.6 Å². The van der Waals surface area contributed by atoms with Crippen LogP contribution in [-0.4, -0.2) is 79.8 Å². The van der Waals surface area contributed by atoms with E-state index in [1.165, 1.54) is 18.2 Å². The lowest BCUT2D eigenvalue weighted by Crippen LogP contribution is -2.44. The smallest absolute Gasteiger partial charge is 0.379 e. The molecule has 220 valence electrons. The Labute approximate surface area is 228 Å². The molecule has 4 rings (SSSR count). The minimum Gasteiger partial charge on any atom is -0.379 e. The molecule has 0 unspecified atom stereocenters. The van der Waals surface area contributed by atoms with Crippen LogP contribution in [0.4, 0.5) is 38.0 Å². The predicted molar refractivity (Wildman–Crippen MR) is 136 cm³/mol. The number of benzene rings is 1. The zero-order valence-corrected chi connectivity index (χ0v) is 21.8. The van der Waals surface area contributed by atoms with Gasteiger partial charge in [-0.15, -0.1) is 0 Å². The molecule has 1 atom stereocenters. The summed E-state index contributed by atoms with van der Waals surface area (Å²) in [5.74, 6) is -1.82. The second-order valence-corrected chi connectivity index (χ2v) is 9.83. The van der Waals surface area contributed by atoms with Gasteiger partial charge in [-0.25, -0.2) is 9.97 Å². The Morgan fingerprint density at radius 2 is 1.70 bits per heavy atom. The van der Waals surface area contributed by atoms with Crippen LogP contribution in [0.5, 0.6) is 0 Å². The molecule has 40 heavy (non-hydrogen) atoms. The van der Waals surface area contributed by atoms with E-state index in [9.17, 15) is 31.1 Å². The van der Waals surface area contributed by atoms with Gasteiger partial charge in [-0.2, -0.15) is 26.3 Å². The maximum Gasteiger partial charge on any atom is 0.451 e. The zero-order chi connectivity index (χ0) is 28.8. The number of ether oxygens (including phenoxy) is 1. The number of amides is 1. The molecular formula is C26H32F6N6O2. The highest BCUT2D eigenvalue weighted by atomic mass is 19.4. The molecule has 8 nitrogen and oxygen atoms in total. The molecule has 1 amide bonds. The number of piperidine rings is 1. The van der Waals surface area contributed by atoms with E-state index in [0.717, 1.165) is 25.2 Å². The lowest BCUT2D eigenvalue weighted by Gasteiger charge is -2.33. The average molecular weight is 575 g/mol. The van der Waals surface area contributed by atoms with Gasteiger partial charge in [0.1, 0.15) is 11.6 Å². The number of carbonyl (C=O) groups is 1. The highest BCUT2D eigenvalue weighted by molar-refractivity contribution is 5.79. The van der Waals surface area contributed by atoms with Gasteiger partial charge >= 0.3 is 12.4 Å². The Morgan fingerprint density at radius 3 is 2.38 bits per heavy atom. The number of carbonyl (C=O) groups excluding carboxylic acids is 1. The Morgan fingerprint density at radius 1 is 0.975 bits per heavy atom. The van der Waals surface area contributed by atoms with Crippen molar-refractivity contribution in [3.05, 3.63) is 47.3 Å². The van der Waals surface area contributed by atoms with Crippen molar-refractivity contribution >= 4 is 17.5 Å². The molecule has 0 saturated carbocycles. The number of alkyl halides is 6. The Bertz CT molecular complexity index is 1120. The molecule has 1 aromatic heterocycles. The van der Waals surface area contributed by atoms with Crippen LogP contribution in [-0.2, 0) is 28.3 Å². The molecule has 0 radical (unpaired) electrons. The van der Waals surface area contributed by atoms with Crippen LogP contribution in [0.15, 0.2) is 30.3 Å². The highest BCUT2D eigenvalue weighted by Gasteiger charge is 2.37. The number of morpholine rings is 1. The molecule has 2 aromatic rings. The van der Waals surface area contributed by atoms with Gasteiger partial charge in [-0.05, 0) is 37.0 Å². The standard InChI is InChI=1S/C26H32F6N6O2/c27-25(28,29)20-5-3-18(4-6-20)7-8-34-23(39)19-2-1-10-38(17-19)22-16-21(35-24(36-22)26(30,31)32)33-9-11-37-12-14-40-15-13-37/h3-6,16,19H,1-2,7-15,17H2,(H,34,39)(H,33,35,36)/t19-/m1/s1. The summed E-state index contributed by atoms with van der Waals surface area (Å²) in [4.78, 5) is 24.0. The third-order valence-corrected chi connectivity index (χ3v) is 6.91. The summed E-state index contributed by atoms with van der Waals surface area (Å²) in [5, 5.41) is 5.77. The summed E-state index contributed by atoms with van der Waals surface area (Å²) in [5.41, 5.74) is -0.0932. The van der Waals surface area contributed by atoms with Crippen molar-refractivity contribution in [3.8, 4) is 0 Å². The van der Waals surface area contributed by atoms with Crippen LogP contribution in [0.2, 0.25) is 0 Å². The number of hydrogen-bond acceptors (Lipinski definition) is 7. The van der Waals surface area contributed by atoms with Crippen molar-refractivity contribution in [2.24, 2.45) is 5.92 Å². The highest BCUT2D eigenvalue weighted by Crippen LogP contribution is 2.31. The number of aromatic nitrogens is 2. The fourth-order valence-corrected chi connectivity index (χ4v) is 4.71. The maximum atomic E-state index is 13.6. The van der Waals surface area contributed by atoms with Gasteiger partial charge in [0, 0.05) is 51.9 Å². The van der Waals surface area contributed by atoms with Crippen LogP contribution in [0.1, 0.15) is 29.8 Å². The molecular weight excluding hydrogens is 542 g/mol. The molecule has 0 aliphatic carbocycles. The number of rotatable bonds is 9. The molecule has 2 N–H and O–H groups in total. The van der Waals surface area contributed by atoms with Gasteiger partial charge in [-0.3, -0.25) is 9.69 Å². The summed E-state index contributed by atoms with van der Waals surface area (Å²) in [6, 6.07) is 6.21.